The fourth-order valence-corrected chi connectivity index (χ4v) is 4.90. The molecule has 0 bridgehead atoms. The highest BCUT2D eigenvalue weighted by Gasteiger charge is 2.34. The molecule has 3 heterocycles. The Morgan fingerprint density at radius 1 is 1.05 bits per heavy atom. The van der Waals surface area contributed by atoms with E-state index >= 15 is 0 Å². The highest BCUT2D eigenvalue weighted by atomic mass is 16.5. The van der Waals surface area contributed by atoms with Gasteiger partial charge < -0.3 is 19.5 Å². The number of benzene rings is 2. The van der Waals surface area contributed by atoms with Crippen LogP contribution in [0, 0.1) is 5.92 Å². The largest absolute Gasteiger partial charge is 0.472 e. The molecule has 0 saturated heterocycles. The van der Waals surface area contributed by atoms with Crippen molar-refractivity contribution in [2.24, 2.45) is 5.92 Å². The van der Waals surface area contributed by atoms with Gasteiger partial charge in [0.1, 0.15) is 29.5 Å². The molecule has 2 aromatic heterocycles. The first-order valence-corrected chi connectivity index (χ1v) is 13.8. The molecule has 0 saturated carbocycles. The third-order valence-corrected chi connectivity index (χ3v) is 7.26. The van der Waals surface area contributed by atoms with Crippen molar-refractivity contribution in [3.63, 3.8) is 0 Å². The maximum Gasteiger partial charge on any atom is 0.259 e. The Balaban J connectivity index is 1.33. The standard InChI is InChI=1S/C32H35N5O4/c1-22-17-37(23(2)20-38)32(39)29-13-25(26-14-33-21-34-15-26)16-35-31(29)41-30(22)19-36(3)18-24-9-11-28(12-10-24)40-27-7-5-4-6-8-27/h4-16,21-23,30,38H,17-20H2,1-3H3/t22-,23+,30-/m0/s1. The molecule has 9 nitrogen and oxygen atoms in total. The van der Waals surface area contributed by atoms with Gasteiger partial charge in [0, 0.05) is 55.3 Å². The molecular formula is C32H35N5O4. The number of fused-ring (bicyclic) bond motifs is 1. The van der Waals surface area contributed by atoms with Crippen LogP contribution in [0.1, 0.15) is 29.8 Å². The number of para-hydroxylation sites is 1. The number of hydrogen-bond donors (Lipinski definition) is 1. The summed E-state index contributed by atoms with van der Waals surface area (Å²) in [4.78, 5) is 30.3. The summed E-state index contributed by atoms with van der Waals surface area (Å²) in [6.07, 6.45) is 6.26. The molecule has 0 unspecified atom stereocenters. The molecule has 0 radical (unpaired) electrons. The fourth-order valence-electron chi connectivity index (χ4n) is 4.90. The van der Waals surface area contributed by atoms with Crippen LogP contribution in [0.15, 0.2) is 85.6 Å². The van der Waals surface area contributed by atoms with E-state index in [9.17, 15) is 9.90 Å². The number of aliphatic hydroxyl groups excluding tert-OH is 1. The van der Waals surface area contributed by atoms with E-state index in [4.69, 9.17) is 9.47 Å². The second kappa shape index (κ2) is 12.9. The van der Waals surface area contributed by atoms with Gasteiger partial charge in [0.05, 0.1) is 12.6 Å². The first-order valence-electron chi connectivity index (χ1n) is 13.8. The van der Waals surface area contributed by atoms with Gasteiger partial charge in [-0.3, -0.25) is 9.69 Å². The zero-order chi connectivity index (χ0) is 28.8. The molecule has 0 aliphatic carbocycles. The van der Waals surface area contributed by atoms with E-state index in [1.165, 1.54) is 6.33 Å². The molecule has 1 N–H and O–H groups in total. The van der Waals surface area contributed by atoms with Gasteiger partial charge in [-0.2, -0.15) is 0 Å². The van der Waals surface area contributed by atoms with E-state index in [1.807, 2.05) is 49.4 Å². The van der Waals surface area contributed by atoms with Crippen LogP contribution < -0.4 is 9.47 Å². The number of aliphatic hydroxyl groups is 1. The van der Waals surface area contributed by atoms with Gasteiger partial charge in [-0.1, -0.05) is 37.3 Å². The zero-order valence-electron chi connectivity index (χ0n) is 23.6. The molecule has 0 spiro atoms. The van der Waals surface area contributed by atoms with Gasteiger partial charge in [-0.25, -0.2) is 15.0 Å². The number of rotatable bonds is 9. The van der Waals surface area contributed by atoms with Gasteiger partial charge >= 0.3 is 0 Å². The quantitative estimate of drug-likeness (QED) is 0.319. The molecule has 0 fully saturated rings. The van der Waals surface area contributed by atoms with Crippen molar-refractivity contribution in [2.75, 3.05) is 26.7 Å². The first kappa shape index (κ1) is 28.2. The number of nitrogens with zero attached hydrogens (tertiary/aromatic N) is 5. The Morgan fingerprint density at radius 3 is 2.46 bits per heavy atom. The molecule has 2 aromatic carbocycles. The van der Waals surface area contributed by atoms with E-state index in [2.05, 4.69) is 46.0 Å². The number of likely N-dealkylation sites (N-methyl/N-ethyl adjacent to an activating group) is 1. The monoisotopic (exact) mass is 553 g/mol. The average molecular weight is 554 g/mol. The Bertz CT molecular complexity index is 1440. The predicted octanol–water partition coefficient (Wildman–Crippen LogP) is 4.68. The molecule has 212 valence electrons. The summed E-state index contributed by atoms with van der Waals surface area (Å²) in [5.41, 5.74) is 2.98. The summed E-state index contributed by atoms with van der Waals surface area (Å²) in [6, 6.07) is 19.2. The highest BCUT2D eigenvalue weighted by Crippen LogP contribution is 2.30. The lowest BCUT2D eigenvalue weighted by Gasteiger charge is -2.37. The first-order chi connectivity index (χ1) is 19.9. The van der Waals surface area contributed by atoms with Crippen LogP contribution in [0.2, 0.25) is 0 Å². The third kappa shape index (κ3) is 6.87. The number of carbonyl (C=O) groups excluding carboxylic acids is 1. The van der Waals surface area contributed by atoms with Crippen LogP contribution in [-0.4, -0.2) is 74.7 Å². The van der Waals surface area contributed by atoms with Crippen LogP contribution in [-0.2, 0) is 6.54 Å². The second-order valence-corrected chi connectivity index (χ2v) is 10.6. The number of hydrogen-bond acceptors (Lipinski definition) is 8. The summed E-state index contributed by atoms with van der Waals surface area (Å²) in [5.74, 6) is 1.65. The van der Waals surface area contributed by atoms with Crippen molar-refractivity contribution in [1.29, 1.82) is 0 Å². The Morgan fingerprint density at radius 2 is 1.76 bits per heavy atom. The Kier molecular flexibility index (Phi) is 8.86. The summed E-state index contributed by atoms with van der Waals surface area (Å²) in [6.45, 7) is 5.56. The van der Waals surface area contributed by atoms with E-state index in [-0.39, 0.29) is 36.5 Å². The molecular weight excluding hydrogens is 518 g/mol. The molecule has 1 amide bonds. The van der Waals surface area contributed by atoms with E-state index in [0.29, 0.717) is 25.2 Å². The molecule has 3 atom stereocenters. The van der Waals surface area contributed by atoms with Gasteiger partial charge in [0.15, 0.2) is 0 Å². The lowest BCUT2D eigenvalue weighted by molar-refractivity contribution is 0.0325. The maximum atomic E-state index is 13.7. The van der Waals surface area contributed by atoms with Crippen molar-refractivity contribution in [2.45, 2.75) is 32.5 Å². The van der Waals surface area contributed by atoms with Crippen molar-refractivity contribution in [3.05, 3.63) is 96.7 Å². The smallest absolute Gasteiger partial charge is 0.259 e. The minimum Gasteiger partial charge on any atom is -0.472 e. The van der Waals surface area contributed by atoms with E-state index in [1.54, 1.807) is 29.6 Å². The van der Waals surface area contributed by atoms with Gasteiger partial charge in [-0.05, 0) is 49.9 Å². The second-order valence-electron chi connectivity index (χ2n) is 10.6. The van der Waals surface area contributed by atoms with Crippen LogP contribution in [0.3, 0.4) is 0 Å². The number of amides is 1. The van der Waals surface area contributed by atoms with Crippen LogP contribution in [0.25, 0.3) is 11.1 Å². The summed E-state index contributed by atoms with van der Waals surface area (Å²) in [7, 11) is 2.05. The van der Waals surface area contributed by atoms with Crippen molar-refractivity contribution < 1.29 is 19.4 Å². The average Bonchev–Trinajstić information content (AvgIpc) is 3.00. The Labute approximate surface area is 240 Å². The van der Waals surface area contributed by atoms with Gasteiger partial charge in [0.2, 0.25) is 5.88 Å². The van der Waals surface area contributed by atoms with E-state index < -0.39 is 0 Å². The summed E-state index contributed by atoms with van der Waals surface area (Å²) in [5, 5.41) is 9.94. The molecule has 9 heteroatoms. The lowest BCUT2D eigenvalue weighted by atomic mass is 9.99. The third-order valence-electron chi connectivity index (χ3n) is 7.26. The number of aromatic nitrogens is 3. The normalized spacial score (nSPS) is 17.8. The topological polar surface area (TPSA) is 101 Å². The molecule has 1 aliphatic heterocycles. The fraction of sp³-hybridized carbons (Fsp3) is 0.312. The number of ether oxygens (including phenoxy) is 2. The van der Waals surface area contributed by atoms with Crippen molar-refractivity contribution in [3.8, 4) is 28.5 Å². The van der Waals surface area contributed by atoms with Gasteiger partial charge in [-0.15, -0.1) is 0 Å². The van der Waals surface area contributed by atoms with Crippen molar-refractivity contribution in [1.82, 2.24) is 24.8 Å². The summed E-state index contributed by atoms with van der Waals surface area (Å²) >= 11 is 0. The van der Waals surface area contributed by atoms with Gasteiger partial charge in [0.25, 0.3) is 5.91 Å². The molecule has 41 heavy (non-hydrogen) atoms. The lowest BCUT2D eigenvalue weighted by Crippen LogP contribution is -2.49. The zero-order valence-corrected chi connectivity index (χ0v) is 23.6. The minimum atomic E-state index is -0.352. The van der Waals surface area contributed by atoms with Crippen LogP contribution in [0.4, 0.5) is 0 Å². The molecule has 4 aromatic rings. The van der Waals surface area contributed by atoms with Crippen molar-refractivity contribution >= 4 is 5.91 Å². The van der Waals surface area contributed by atoms with Crippen LogP contribution in [0.5, 0.6) is 17.4 Å². The SMILES string of the molecule is C[C@H](CO)N1C[C@H](C)[C@H](CN(C)Cc2ccc(Oc3ccccc3)cc2)Oc2ncc(-c3cncnc3)cc2C1=O. The number of carbonyl (C=O) groups is 1. The van der Waals surface area contributed by atoms with Crippen LogP contribution >= 0.6 is 0 Å². The van der Waals surface area contributed by atoms with E-state index in [0.717, 1.165) is 28.2 Å². The Hall–Kier alpha value is -4.34. The number of pyridine rings is 1. The molecule has 1 aliphatic rings. The predicted molar refractivity (Wildman–Crippen MR) is 156 cm³/mol. The maximum absolute atomic E-state index is 13.7. The molecule has 5 rings (SSSR count). The summed E-state index contributed by atoms with van der Waals surface area (Å²) < 4.78 is 12.4. The highest BCUT2D eigenvalue weighted by molar-refractivity contribution is 5.98. The minimum absolute atomic E-state index is 0.00537.